The first-order valence-electron chi connectivity index (χ1n) is 11.7. The molecule has 0 saturated carbocycles. The quantitative estimate of drug-likeness (QED) is 0.723. The summed E-state index contributed by atoms with van der Waals surface area (Å²) >= 11 is 0. The van der Waals surface area contributed by atoms with Gasteiger partial charge in [0.25, 0.3) is 0 Å². The Kier molecular flexibility index (Phi) is 5.72. The van der Waals surface area contributed by atoms with Crippen molar-refractivity contribution in [3.05, 3.63) is 64.7 Å². The van der Waals surface area contributed by atoms with Crippen LogP contribution in [0.5, 0.6) is 5.75 Å². The maximum Gasteiger partial charge on any atom is 0.338 e. The molecule has 0 spiro atoms. The van der Waals surface area contributed by atoms with Crippen molar-refractivity contribution in [3.63, 3.8) is 0 Å². The van der Waals surface area contributed by atoms with Crippen LogP contribution < -0.4 is 10.1 Å². The van der Waals surface area contributed by atoms with Crippen LogP contribution in [0.1, 0.15) is 72.3 Å². The summed E-state index contributed by atoms with van der Waals surface area (Å²) in [6, 6.07) is 14.8. The molecule has 6 rings (SSSR count). The highest BCUT2D eigenvalue weighted by molar-refractivity contribution is 5.90. The highest BCUT2D eigenvalue weighted by atomic mass is 16.5. The minimum Gasteiger partial charge on any atom is -0.485 e. The van der Waals surface area contributed by atoms with Crippen LogP contribution in [0.15, 0.2) is 42.5 Å². The molecule has 4 aliphatic rings. The van der Waals surface area contributed by atoms with Crippen molar-refractivity contribution in [3.8, 4) is 5.75 Å². The molecule has 1 N–H and O–H groups in total. The van der Waals surface area contributed by atoms with Crippen LogP contribution in [0.3, 0.4) is 0 Å². The second-order valence-corrected chi connectivity index (χ2v) is 8.96. The Hall–Kier alpha value is -2.37. The second-order valence-electron chi connectivity index (χ2n) is 8.96. The molecule has 0 aromatic heterocycles. The van der Waals surface area contributed by atoms with Gasteiger partial charge in [-0.05, 0) is 74.5 Å². The van der Waals surface area contributed by atoms with Gasteiger partial charge in [0.1, 0.15) is 11.9 Å². The van der Waals surface area contributed by atoms with E-state index in [4.69, 9.17) is 9.47 Å². The number of hydrogen-bond acceptors (Lipinski definition) is 5. The molecule has 0 radical (unpaired) electrons. The average Bonchev–Trinajstić information content (AvgIpc) is 2.94. The third-order valence-corrected chi connectivity index (χ3v) is 7.16. The number of nitrogens with one attached hydrogen (secondary N) is 1. The number of ether oxygens (including phenoxy) is 2. The first-order valence-corrected chi connectivity index (χ1v) is 11.7. The van der Waals surface area contributed by atoms with Gasteiger partial charge in [0.05, 0.1) is 18.2 Å². The molecule has 4 aliphatic heterocycles. The first kappa shape index (κ1) is 20.5. The number of hydrogen-bond donors (Lipinski definition) is 1. The first-order chi connectivity index (χ1) is 15.2. The van der Waals surface area contributed by atoms with Gasteiger partial charge in [0.2, 0.25) is 0 Å². The van der Waals surface area contributed by atoms with Gasteiger partial charge >= 0.3 is 5.97 Å². The van der Waals surface area contributed by atoms with Gasteiger partial charge in [-0.2, -0.15) is 0 Å². The lowest BCUT2D eigenvalue weighted by Gasteiger charge is -2.46. The van der Waals surface area contributed by atoms with Crippen LogP contribution in [-0.2, 0) is 4.74 Å². The van der Waals surface area contributed by atoms with E-state index in [-0.39, 0.29) is 18.1 Å². The SMILES string of the molecule is CCOC(=O)c1ccc2c(c1)C(NC1CN3CCC1CC3)c1ccccc1C(CC)O2. The summed E-state index contributed by atoms with van der Waals surface area (Å²) in [4.78, 5) is 15.1. The number of fused-ring (bicyclic) bond motifs is 5. The van der Waals surface area contributed by atoms with Crippen LogP contribution in [-0.4, -0.2) is 43.2 Å². The van der Waals surface area contributed by atoms with E-state index in [2.05, 4.69) is 41.4 Å². The van der Waals surface area contributed by atoms with Crippen molar-refractivity contribution in [1.29, 1.82) is 0 Å². The average molecular weight is 421 g/mol. The molecular formula is C26H32N2O3. The Morgan fingerprint density at radius 3 is 2.55 bits per heavy atom. The van der Waals surface area contributed by atoms with Crippen molar-refractivity contribution in [2.45, 2.75) is 51.3 Å². The molecule has 164 valence electrons. The third-order valence-electron chi connectivity index (χ3n) is 7.16. The van der Waals surface area contributed by atoms with Crippen LogP contribution in [0.25, 0.3) is 0 Å². The lowest BCUT2D eigenvalue weighted by Crippen LogP contribution is -2.56. The lowest BCUT2D eigenvalue weighted by molar-refractivity contribution is 0.0526. The van der Waals surface area contributed by atoms with Crippen LogP contribution in [0.2, 0.25) is 0 Å². The fourth-order valence-corrected chi connectivity index (χ4v) is 5.52. The predicted molar refractivity (Wildman–Crippen MR) is 120 cm³/mol. The lowest BCUT2D eigenvalue weighted by atomic mass is 9.82. The highest BCUT2D eigenvalue weighted by Gasteiger charge is 2.38. The summed E-state index contributed by atoms with van der Waals surface area (Å²) in [7, 11) is 0. The van der Waals surface area contributed by atoms with E-state index in [0.717, 1.165) is 24.3 Å². The fourth-order valence-electron chi connectivity index (χ4n) is 5.52. The number of rotatable bonds is 5. The Labute approximate surface area is 184 Å². The molecule has 2 bridgehead atoms. The monoisotopic (exact) mass is 420 g/mol. The van der Waals surface area contributed by atoms with Gasteiger partial charge in [-0.3, -0.25) is 0 Å². The zero-order chi connectivity index (χ0) is 21.4. The molecule has 3 saturated heterocycles. The van der Waals surface area contributed by atoms with E-state index in [9.17, 15) is 4.79 Å². The molecule has 0 amide bonds. The Morgan fingerprint density at radius 1 is 1.10 bits per heavy atom. The van der Waals surface area contributed by atoms with Crippen LogP contribution in [0, 0.1) is 5.92 Å². The zero-order valence-corrected chi connectivity index (χ0v) is 18.5. The largest absolute Gasteiger partial charge is 0.485 e. The topological polar surface area (TPSA) is 50.8 Å². The fraction of sp³-hybridized carbons (Fsp3) is 0.500. The predicted octanol–water partition coefficient (Wildman–Crippen LogP) is 4.48. The van der Waals surface area contributed by atoms with E-state index >= 15 is 0 Å². The van der Waals surface area contributed by atoms with Crippen LogP contribution >= 0.6 is 0 Å². The Balaban J connectivity index is 1.58. The van der Waals surface area contributed by atoms with E-state index in [1.165, 1.54) is 37.1 Å². The number of piperidine rings is 3. The van der Waals surface area contributed by atoms with Gasteiger partial charge in [0, 0.05) is 18.2 Å². The summed E-state index contributed by atoms with van der Waals surface area (Å²) in [5, 5.41) is 4.01. The highest BCUT2D eigenvalue weighted by Crippen LogP contribution is 2.42. The van der Waals surface area contributed by atoms with E-state index in [1.54, 1.807) is 0 Å². The Bertz CT molecular complexity index is 951. The normalized spacial score (nSPS) is 28.8. The summed E-state index contributed by atoms with van der Waals surface area (Å²) in [5.41, 5.74) is 4.10. The van der Waals surface area contributed by atoms with Gasteiger partial charge in [-0.15, -0.1) is 0 Å². The van der Waals surface area contributed by atoms with Crippen molar-refractivity contribution in [2.75, 3.05) is 26.2 Å². The molecule has 5 nitrogen and oxygen atoms in total. The molecule has 3 unspecified atom stereocenters. The van der Waals surface area contributed by atoms with E-state index in [1.807, 2.05) is 25.1 Å². The summed E-state index contributed by atoms with van der Waals surface area (Å²) in [5.74, 6) is 1.28. The molecule has 0 aliphatic carbocycles. The number of carbonyl (C=O) groups is 1. The number of carbonyl (C=O) groups excluding carboxylic acids is 1. The van der Waals surface area contributed by atoms with Gasteiger partial charge in [0.15, 0.2) is 0 Å². The number of nitrogens with zero attached hydrogens (tertiary/aromatic N) is 1. The molecular weight excluding hydrogens is 388 g/mol. The molecule has 2 aromatic rings. The zero-order valence-electron chi connectivity index (χ0n) is 18.5. The standard InChI is InChI=1S/C26H32N2O3/c1-3-23-19-7-5-6-8-20(19)25(27-22-16-28-13-11-17(22)12-14-28)21-15-18(26(29)30-4-2)9-10-24(21)31-23/h5-10,15,17,22-23,25,27H,3-4,11-14,16H2,1-2H3. The molecule has 5 heteroatoms. The molecule has 2 aromatic carbocycles. The molecule has 3 fully saturated rings. The summed E-state index contributed by atoms with van der Waals surface area (Å²) in [6.07, 6.45) is 3.41. The van der Waals surface area contributed by atoms with Gasteiger partial charge in [-0.25, -0.2) is 4.79 Å². The molecule has 4 heterocycles. The molecule has 31 heavy (non-hydrogen) atoms. The van der Waals surface area contributed by atoms with Gasteiger partial charge < -0.3 is 19.7 Å². The second kappa shape index (κ2) is 8.64. The summed E-state index contributed by atoms with van der Waals surface area (Å²) in [6.45, 7) is 7.89. The number of benzene rings is 2. The molecule has 3 atom stereocenters. The van der Waals surface area contributed by atoms with Crippen molar-refractivity contribution in [1.82, 2.24) is 10.2 Å². The Morgan fingerprint density at radius 2 is 1.87 bits per heavy atom. The maximum absolute atomic E-state index is 12.5. The minimum atomic E-state index is -0.281. The van der Waals surface area contributed by atoms with E-state index < -0.39 is 0 Å². The van der Waals surface area contributed by atoms with Crippen molar-refractivity contribution >= 4 is 5.97 Å². The summed E-state index contributed by atoms with van der Waals surface area (Å²) < 4.78 is 11.8. The third kappa shape index (κ3) is 3.85. The van der Waals surface area contributed by atoms with Gasteiger partial charge in [-0.1, -0.05) is 31.2 Å². The minimum absolute atomic E-state index is 0.00162. The van der Waals surface area contributed by atoms with Crippen molar-refractivity contribution < 1.29 is 14.3 Å². The van der Waals surface area contributed by atoms with Crippen molar-refractivity contribution in [2.24, 2.45) is 5.92 Å². The maximum atomic E-state index is 12.5. The number of esters is 1. The van der Waals surface area contributed by atoms with Crippen LogP contribution in [0.4, 0.5) is 0 Å². The van der Waals surface area contributed by atoms with E-state index in [0.29, 0.717) is 24.1 Å². The smallest absolute Gasteiger partial charge is 0.338 e.